The molecule has 0 atom stereocenters. The monoisotopic (exact) mass is 256 g/mol. The lowest BCUT2D eigenvalue weighted by Crippen LogP contribution is -2.27. The van der Waals surface area contributed by atoms with Crippen molar-refractivity contribution in [1.82, 2.24) is 0 Å². The molecular weight excluding hydrogens is 234 g/mol. The molecule has 2 rings (SSSR count). The van der Waals surface area contributed by atoms with Gasteiger partial charge in [-0.3, -0.25) is 0 Å². The summed E-state index contributed by atoms with van der Waals surface area (Å²) >= 11 is 0. The van der Waals surface area contributed by atoms with E-state index in [1.54, 1.807) is 0 Å². The van der Waals surface area contributed by atoms with Crippen molar-refractivity contribution >= 4 is 11.4 Å². The van der Waals surface area contributed by atoms with Crippen LogP contribution >= 0.6 is 0 Å². The number of nitrogens with zero attached hydrogens (tertiary/aromatic N) is 3. The molecule has 0 aromatic heterocycles. The normalized spacial score (nSPS) is 10.9. The first kappa shape index (κ1) is 15.1. The van der Waals surface area contributed by atoms with Crippen LogP contribution in [0.4, 0.5) is 11.4 Å². The van der Waals surface area contributed by atoms with Crippen molar-refractivity contribution in [2.75, 3.05) is 28.2 Å². The van der Waals surface area contributed by atoms with Gasteiger partial charge in [0.2, 0.25) is 0 Å². The van der Waals surface area contributed by atoms with Gasteiger partial charge in [0.15, 0.2) is 0 Å². The number of rotatable bonds is 2. The fourth-order valence-electron chi connectivity index (χ4n) is 1.10. The molecule has 0 aliphatic carbocycles. The maximum Gasteiger partial charge on any atom is 0.0857 e. The highest BCUT2D eigenvalue weighted by atomic mass is 15.2. The van der Waals surface area contributed by atoms with E-state index in [1.807, 2.05) is 60.7 Å². The van der Waals surface area contributed by atoms with E-state index in [9.17, 15) is 0 Å². The highest BCUT2D eigenvalue weighted by molar-refractivity contribution is 5.39. The van der Waals surface area contributed by atoms with Crippen LogP contribution in [-0.4, -0.2) is 32.7 Å². The highest BCUT2D eigenvalue weighted by Gasteiger charge is 1.88. The number of benzene rings is 2. The molecule has 0 spiro atoms. The third-order valence-electron chi connectivity index (χ3n) is 1.79. The first-order chi connectivity index (χ1) is 8.95. The minimum Gasteiger partial charge on any atom is -0.333 e. The van der Waals surface area contributed by atoms with Crippen molar-refractivity contribution in [2.24, 2.45) is 10.2 Å². The largest absolute Gasteiger partial charge is 0.333 e. The lowest BCUT2D eigenvalue weighted by atomic mass is 10.3. The summed E-state index contributed by atoms with van der Waals surface area (Å²) in [6.07, 6.45) is 0. The third-order valence-corrected chi connectivity index (χ3v) is 1.79. The molecule has 0 aliphatic heterocycles. The third kappa shape index (κ3) is 8.69. The molecule has 0 N–H and O–H groups in total. The Kier molecular flexibility index (Phi) is 5.90. The zero-order chi connectivity index (χ0) is 14.1. The Morgan fingerprint density at radius 1 is 0.579 bits per heavy atom. The van der Waals surface area contributed by atoms with E-state index in [1.165, 1.54) is 0 Å². The van der Waals surface area contributed by atoms with Gasteiger partial charge in [0.05, 0.1) is 39.6 Å². The van der Waals surface area contributed by atoms with Gasteiger partial charge in [-0.05, 0) is 24.3 Å². The Labute approximate surface area is 115 Å². The van der Waals surface area contributed by atoms with E-state index in [4.69, 9.17) is 0 Å². The van der Waals surface area contributed by atoms with Crippen LogP contribution in [-0.2, 0) is 0 Å². The molecule has 2 aromatic carbocycles. The summed E-state index contributed by atoms with van der Waals surface area (Å²) in [6, 6.07) is 19.4. The average Bonchev–Trinajstić information content (AvgIpc) is 2.37. The summed E-state index contributed by atoms with van der Waals surface area (Å²) in [5.41, 5.74) is 1.74. The Hall–Kier alpha value is -2.00. The van der Waals surface area contributed by atoms with Gasteiger partial charge < -0.3 is 4.48 Å². The van der Waals surface area contributed by atoms with Crippen LogP contribution in [0.3, 0.4) is 0 Å². The maximum absolute atomic E-state index is 4.10. The van der Waals surface area contributed by atoms with Crippen molar-refractivity contribution in [2.45, 2.75) is 0 Å². The molecule has 0 bridgehead atoms. The lowest BCUT2D eigenvalue weighted by Gasteiger charge is -2.14. The van der Waals surface area contributed by atoms with Crippen LogP contribution in [0, 0.1) is 0 Å². The van der Waals surface area contributed by atoms with Gasteiger partial charge in [0.1, 0.15) is 0 Å². The molecule has 0 heterocycles. The Balaban J connectivity index is 0.000000312. The molecule has 0 aliphatic rings. The molecular formula is C16H22N3+. The van der Waals surface area contributed by atoms with Crippen LogP contribution in [0.15, 0.2) is 70.9 Å². The van der Waals surface area contributed by atoms with E-state index >= 15 is 0 Å². The predicted molar refractivity (Wildman–Crippen MR) is 81.0 cm³/mol. The number of hydrogen-bond acceptors (Lipinski definition) is 2. The Morgan fingerprint density at radius 2 is 0.842 bits per heavy atom. The molecule has 0 amide bonds. The second-order valence-corrected chi connectivity index (χ2v) is 5.55. The molecule has 3 nitrogen and oxygen atoms in total. The van der Waals surface area contributed by atoms with Crippen LogP contribution in [0.25, 0.3) is 0 Å². The minimum absolute atomic E-state index is 0.872. The van der Waals surface area contributed by atoms with Gasteiger partial charge in [-0.15, -0.1) is 0 Å². The predicted octanol–water partition coefficient (Wildman–Crippen LogP) is 4.42. The van der Waals surface area contributed by atoms with Crippen LogP contribution in [0.2, 0.25) is 0 Å². The van der Waals surface area contributed by atoms with Crippen LogP contribution < -0.4 is 0 Å². The lowest BCUT2D eigenvalue weighted by molar-refractivity contribution is -0.849. The average molecular weight is 256 g/mol. The molecule has 3 heteroatoms. The molecule has 100 valence electrons. The number of quaternary nitrogens is 1. The van der Waals surface area contributed by atoms with E-state index in [2.05, 4.69) is 38.4 Å². The van der Waals surface area contributed by atoms with E-state index in [-0.39, 0.29) is 0 Å². The summed E-state index contributed by atoms with van der Waals surface area (Å²) in [6.45, 7) is 0. The summed E-state index contributed by atoms with van der Waals surface area (Å²) < 4.78 is 1.00. The molecule has 0 radical (unpaired) electrons. The maximum atomic E-state index is 4.10. The summed E-state index contributed by atoms with van der Waals surface area (Å²) in [5.74, 6) is 0. The summed E-state index contributed by atoms with van der Waals surface area (Å²) in [5, 5.41) is 8.20. The minimum atomic E-state index is 0.872. The number of hydrogen-bond donors (Lipinski definition) is 0. The second-order valence-electron chi connectivity index (χ2n) is 5.55. The smallest absolute Gasteiger partial charge is 0.0857 e. The van der Waals surface area contributed by atoms with Gasteiger partial charge in [-0.1, -0.05) is 36.4 Å². The fraction of sp³-hybridized carbons (Fsp3) is 0.250. The van der Waals surface area contributed by atoms with Crippen molar-refractivity contribution < 1.29 is 4.48 Å². The highest BCUT2D eigenvalue weighted by Crippen LogP contribution is 2.16. The van der Waals surface area contributed by atoms with E-state index < -0.39 is 0 Å². The molecule has 0 saturated carbocycles. The summed E-state index contributed by atoms with van der Waals surface area (Å²) in [7, 11) is 8.50. The first-order valence-electron chi connectivity index (χ1n) is 6.26. The van der Waals surface area contributed by atoms with Crippen molar-refractivity contribution in [3.63, 3.8) is 0 Å². The number of azo groups is 1. The van der Waals surface area contributed by atoms with Crippen LogP contribution in [0.1, 0.15) is 0 Å². The van der Waals surface area contributed by atoms with Gasteiger partial charge in [0.25, 0.3) is 0 Å². The fourth-order valence-corrected chi connectivity index (χ4v) is 1.10. The zero-order valence-electron chi connectivity index (χ0n) is 12.1. The molecule has 19 heavy (non-hydrogen) atoms. The topological polar surface area (TPSA) is 24.7 Å². The van der Waals surface area contributed by atoms with Gasteiger partial charge in [0, 0.05) is 0 Å². The Bertz CT molecular complexity index is 437. The van der Waals surface area contributed by atoms with E-state index in [0.717, 1.165) is 15.9 Å². The van der Waals surface area contributed by atoms with Gasteiger partial charge in [-0.25, -0.2) is 0 Å². The summed E-state index contributed by atoms with van der Waals surface area (Å²) in [4.78, 5) is 0. The van der Waals surface area contributed by atoms with E-state index in [0.29, 0.717) is 0 Å². The van der Waals surface area contributed by atoms with Gasteiger partial charge in [-0.2, -0.15) is 10.2 Å². The second kappa shape index (κ2) is 7.44. The van der Waals surface area contributed by atoms with Gasteiger partial charge >= 0.3 is 0 Å². The van der Waals surface area contributed by atoms with Crippen LogP contribution in [0.5, 0.6) is 0 Å². The van der Waals surface area contributed by atoms with Crippen molar-refractivity contribution in [3.8, 4) is 0 Å². The quantitative estimate of drug-likeness (QED) is 0.561. The SMILES string of the molecule is C[N+](C)(C)C.c1ccc(N=Nc2ccccc2)cc1. The molecule has 0 saturated heterocycles. The van der Waals surface area contributed by atoms with Crippen molar-refractivity contribution in [1.29, 1.82) is 0 Å². The van der Waals surface area contributed by atoms with Crippen molar-refractivity contribution in [3.05, 3.63) is 60.7 Å². The molecule has 0 unspecified atom stereocenters. The Morgan fingerprint density at radius 3 is 1.11 bits per heavy atom. The zero-order valence-corrected chi connectivity index (χ0v) is 12.1. The standard InChI is InChI=1S/C12H10N2.C4H12N/c1-3-7-11(8-4-1)13-14-12-9-5-2-6-10-12;1-5(2,3)4/h1-10H;1-4H3/q;+1. The first-order valence-corrected chi connectivity index (χ1v) is 6.26. The molecule has 2 aromatic rings. The molecule has 0 fully saturated rings.